The van der Waals surface area contributed by atoms with Gasteiger partial charge in [0.25, 0.3) is 0 Å². The third-order valence-corrected chi connectivity index (χ3v) is 4.04. The zero-order valence-corrected chi connectivity index (χ0v) is 11.6. The van der Waals surface area contributed by atoms with Crippen molar-refractivity contribution in [3.8, 4) is 6.07 Å². The number of carbonyl (C=O) groups is 1. The standard InChI is InChI=1S/C14H24N4O/c15-12-13(17-9-4-5-16-6-10-17)11-14(19)18-7-2-1-3-8-18/h13,16H,1-11H2. The Labute approximate surface area is 115 Å². The van der Waals surface area contributed by atoms with Gasteiger partial charge >= 0.3 is 0 Å². The summed E-state index contributed by atoms with van der Waals surface area (Å²) in [6.45, 7) is 5.45. The molecule has 0 saturated carbocycles. The van der Waals surface area contributed by atoms with Crippen LogP contribution in [-0.4, -0.2) is 61.0 Å². The fourth-order valence-corrected chi connectivity index (χ4v) is 2.87. The average molecular weight is 264 g/mol. The Morgan fingerprint density at radius 1 is 1.11 bits per heavy atom. The molecule has 1 atom stereocenters. The maximum absolute atomic E-state index is 12.2. The van der Waals surface area contributed by atoms with E-state index < -0.39 is 0 Å². The van der Waals surface area contributed by atoms with Crippen molar-refractivity contribution in [3.63, 3.8) is 0 Å². The number of hydrogen-bond acceptors (Lipinski definition) is 4. The maximum atomic E-state index is 12.2. The number of piperidine rings is 1. The van der Waals surface area contributed by atoms with E-state index in [1.54, 1.807) is 0 Å². The van der Waals surface area contributed by atoms with Gasteiger partial charge in [-0.05, 0) is 32.2 Å². The Bertz CT molecular complexity index is 325. The molecule has 0 radical (unpaired) electrons. The predicted octanol–water partition coefficient (Wildman–Crippen LogP) is 0.576. The number of likely N-dealkylation sites (tertiary alicyclic amines) is 1. The molecule has 0 aromatic heterocycles. The van der Waals surface area contributed by atoms with Crippen LogP contribution in [0.1, 0.15) is 32.1 Å². The van der Waals surface area contributed by atoms with E-state index in [0.717, 1.165) is 58.5 Å². The lowest BCUT2D eigenvalue weighted by atomic mass is 10.1. The van der Waals surface area contributed by atoms with E-state index in [1.165, 1.54) is 6.42 Å². The molecule has 0 aromatic rings. The Hall–Kier alpha value is -1.12. The van der Waals surface area contributed by atoms with Crippen LogP contribution in [0.4, 0.5) is 0 Å². The Morgan fingerprint density at radius 2 is 1.89 bits per heavy atom. The topological polar surface area (TPSA) is 59.4 Å². The largest absolute Gasteiger partial charge is 0.343 e. The smallest absolute Gasteiger partial charge is 0.225 e. The molecule has 2 rings (SSSR count). The number of rotatable bonds is 3. The third-order valence-electron chi connectivity index (χ3n) is 4.04. The van der Waals surface area contributed by atoms with Gasteiger partial charge in [0.1, 0.15) is 6.04 Å². The molecule has 106 valence electrons. The molecule has 2 heterocycles. The predicted molar refractivity (Wildman–Crippen MR) is 73.5 cm³/mol. The first-order valence-corrected chi connectivity index (χ1v) is 7.43. The lowest BCUT2D eigenvalue weighted by Gasteiger charge is -2.30. The van der Waals surface area contributed by atoms with Crippen LogP contribution in [0.25, 0.3) is 0 Å². The van der Waals surface area contributed by atoms with Gasteiger partial charge in [-0.1, -0.05) is 0 Å². The molecule has 5 nitrogen and oxygen atoms in total. The molecular weight excluding hydrogens is 240 g/mol. The van der Waals surface area contributed by atoms with Crippen molar-refractivity contribution in [3.05, 3.63) is 0 Å². The summed E-state index contributed by atoms with van der Waals surface area (Å²) in [5, 5.41) is 12.7. The van der Waals surface area contributed by atoms with E-state index in [0.29, 0.717) is 6.42 Å². The molecule has 1 N–H and O–H groups in total. The molecule has 0 bridgehead atoms. The summed E-state index contributed by atoms with van der Waals surface area (Å²) >= 11 is 0. The van der Waals surface area contributed by atoms with Gasteiger partial charge in [-0.25, -0.2) is 0 Å². The van der Waals surface area contributed by atoms with E-state index in [4.69, 9.17) is 0 Å². The van der Waals surface area contributed by atoms with Crippen LogP contribution in [0, 0.1) is 11.3 Å². The Kier molecular flexibility index (Phi) is 5.62. The molecule has 0 aromatic carbocycles. The first-order chi connectivity index (χ1) is 9.31. The normalized spacial score (nSPS) is 23.4. The maximum Gasteiger partial charge on any atom is 0.225 e. The van der Waals surface area contributed by atoms with Gasteiger partial charge in [0, 0.05) is 32.7 Å². The quantitative estimate of drug-likeness (QED) is 0.810. The van der Waals surface area contributed by atoms with Crippen molar-refractivity contribution in [1.82, 2.24) is 15.1 Å². The molecule has 2 fully saturated rings. The average Bonchev–Trinajstić information content (AvgIpc) is 2.74. The highest BCUT2D eigenvalue weighted by Crippen LogP contribution is 2.13. The van der Waals surface area contributed by atoms with Crippen molar-refractivity contribution in [2.45, 2.75) is 38.1 Å². The molecular formula is C14H24N4O. The fraction of sp³-hybridized carbons (Fsp3) is 0.857. The number of amides is 1. The minimum Gasteiger partial charge on any atom is -0.343 e. The number of hydrogen-bond donors (Lipinski definition) is 1. The van der Waals surface area contributed by atoms with Gasteiger partial charge < -0.3 is 10.2 Å². The van der Waals surface area contributed by atoms with Gasteiger partial charge in [-0.2, -0.15) is 5.26 Å². The highest BCUT2D eigenvalue weighted by atomic mass is 16.2. The van der Waals surface area contributed by atoms with Gasteiger partial charge in [0.2, 0.25) is 5.91 Å². The molecule has 0 spiro atoms. The van der Waals surface area contributed by atoms with Crippen molar-refractivity contribution >= 4 is 5.91 Å². The summed E-state index contributed by atoms with van der Waals surface area (Å²) in [4.78, 5) is 16.3. The first-order valence-electron chi connectivity index (χ1n) is 7.43. The lowest BCUT2D eigenvalue weighted by molar-refractivity contribution is -0.133. The van der Waals surface area contributed by atoms with Crippen molar-refractivity contribution in [1.29, 1.82) is 5.26 Å². The molecule has 0 aliphatic carbocycles. The van der Waals surface area contributed by atoms with E-state index in [2.05, 4.69) is 16.3 Å². The molecule has 5 heteroatoms. The number of carbonyl (C=O) groups excluding carboxylic acids is 1. The summed E-state index contributed by atoms with van der Waals surface area (Å²) in [6, 6.07) is 2.06. The second-order valence-corrected chi connectivity index (χ2v) is 5.43. The molecule has 2 saturated heterocycles. The van der Waals surface area contributed by atoms with Gasteiger partial charge in [0.15, 0.2) is 0 Å². The van der Waals surface area contributed by atoms with E-state index in [1.807, 2.05) is 4.90 Å². The zero-order chi connectivity index (χ0) is 13.5. The fourth-order valence-electron chi connectivity index (χ4n) is 2.87. The number of nitriles is 1. The van der Waals surface area contributed by atoms with Crippen molar-refractivity contribution in [2.75, 3.05) is 39.3 Å². The van der Waals surface area contributed by atoms with Crippen LogP contribution in [-0.2, 0) is 4.79 Å². The minimum absolute atomic E-state index is 0.156. The summed E-state index contributed by atoms with van der Waals surface area (Å²) in [6.07, 6.45) is 4.85. The highest BCUT2D eigenvalue weighted by molar-refractivity contribution is 5.77. The van der Waals surface area contributed by atoms with Gasteiger partial charge in [0.05, 0.1) is 12.5 Å². The SMILES string of the molecule is N#CC(CC(=O)N1CCCCC1)N1CCCNCC1. The first kappa shape index (κ1) is 14.3. The summed E-state index contributed by atoms with van der Waals surface area (Å²) in [7, 11) is 0. The lowest BCUT2D eigenvalue weighted by Crippen LogP contribution is -2.43. The molecule has 2 aliphatic rings. The highest BCUT2D eigenvalue weighted by Gasteiger charge is 2.25. The monoisotopic (exact) mass is 264 g/mol. The van der Waals surface area contributed by atoms with Crippen LogP contribution in [0.15, 0.2) is 0 Å². The summed E-state index contributed by atoms with van der Waals surface area (Å²) in [5.41, 5.74) is 0. The van der Waals surface area contributed by atoms with Crippen molar-refractivity contribution in [2.24, 2.45) is 0 Å². The molecule has 2 aliphatic heterocycles. The zero-order valence-electron chi connectivity index (χ0n) is 11.6. The van der Waals surface area contributed by atoms with E-state index in [-0.39, 0.29) is 11.9 Å². The Morgan fingerprint density at radius 3 is 2.63 bits per heavy atom. The van der Waals surface area contributed by atoms with E-state index >= 15 is 0 Å². The van der Waals surface area contributed by atoms with Gasteiger partial charge in [-0.3, -0.25) is 9.69 Å². The van der Waals surface area contributed by atoms with Gasteiger partial charge in [-0.15, -0.1) is 0 Å². The van der Waals surface area contributed by atoms with Crippen LogP contribution < -0.4 is 5.32 Å². The molecule has 19 heavy (non-hydrogen) atoms. The minimum atomic E-state index is -0.255. The summed E-state index contributed by atoms with van der Waals surface area (Å²) in [5.74, 6) is 0.156. The Balaban J connectivity index is 1.86. The summed E-state index contributed by atoms with van der Waals surface area (Å²) < 4.78 is 0. The number of nitrogens with zero attached hydrogens (tertiary/aromatic N) is 3. The van der Waals surface area contributed by atoms with Crippen LogP contribution in [0.3, 0.4) is 0 Å². The molecule has 1 amide bonds. The second kappa shape index (κ2) is 7.46. The van der Waals surface area contributed by atoms with Crippen LogP contribution in [0.2, 0.25) is 0 Å². The van der Waals surface area contributed by atoms with Crippen molar-refractivity contribution < 1.29 is 4.79 Å². The second-order valence-electron chi connectivity index (χ2n) is 5.43. The van der Waals surface area contributed by atoms with E-state index in [9.17, 15) is 10.1 Å². The van der Waals surface area contributed by atoms with Crippen LogP contribution in [0.5, 0.6) is 0 Å². The molecule has 1 unspecified atom stereocenters. The third kappa shape index (κ3) is 4.19. The van der Waals surface area contributed by atoms with Crippen LogP contribution >= 0.6 is 0 Å². The number of nitrogens with one attached hydrogen (secondary N) is 1.